The van der Waals surface area contributed by atoms with Crippen LogP contribution in [-0.4, -0.2) is 22.7 Å². The number of pyridine rings is 1. The molecule has 1 heterocycles. The quantitative estimate of drug-likeness (QED) is 0.760. The van der Waals surface area contributed by atoms with Gasteiger partial charge in [-0.2, -0.15) is 0 Å². The van der Waals surface area contributed by atoms with Gasteiger partial charge in [0.1, 0.15) is 0 Å². The summed E-state index contributed by atoms with van der Waals surface area (Å²) in [7, 11) is 0. The first-order chi connectivity index (χ1) is 10.3. The Labute approximate surface area is 124 Å². The highest BCUT2D eigenvalue weighted by atomic mass is 16.3. The van der Waals surface area contributed by atoms with Crippen LogP contribution in [0.1, 0.15) is 23.8 Å². The van der Waals surface area contributed by atoms with Gasteiger partial charge in [-0.05, 0) is 24.1 Å². The first-order valence-electron chi connectivity index (χ1n) is 6.90. The fourth-order valence-electron chi connectivity index (χ4n) is 1.90. The fraction of sp³-hybridized carbons (Fsp3) is 0.250. The summed E-state index contributed by atoms with van der Waals surface area (Å²) in [5, 5.41) is 15.4. The van der Waals surface area contributed by atoms with Crippen molar-refractivity contribution in [3.8, 4) is 0 Å². The Kier molecular flexibility index (Phi) is 5.72. The van der Waals surface area contributed by atoms with Crippen molar-refractivity contribution in [2.24, 2.45) is 0 Å². The van der Waals surface area contributed by atoms with Crippen LogP contribution >= 0.6 is 0 Å². The molecule has 1 unspecified atom stereocenters. The van der Waals surface area contributed by atoms with Crippen LogP contribution in [0.15, 0.2) is 54.7 Å². The third-order valence-electron chi connectivity index (χ3n) is 3.04. The summed E-state index contributed by atoms with van der Waals surface area (Å²) in [6.45, 7) is 0.790. The lowest BCUT2D eigenvalue weighted by molar-refractivity contribution is 0.167. The minimum absolute atomic E-state index is 0.263. The van der Waals surface area contributed by atoms with Gasteiger partial charge in [-0.25, -0.2) is 4.79 Å². The van der Waals surface area contributed by atoms with Crippen molar-refractivity contribution >= 4 is 6.03 Å². The first-order valence-corrected chi connectivity index (χ1v) is 6.90. The molecule has 3 N–H and O–H groups in total. The van der Waals surface area contributed by atoms with E-state index in [1.54, 1.807) is 6.20 Å². The van der Waals surface area contributed by atoms with Gasteiger partial charge >= 0.3 is 6.03 Å². The molecular formula is C16H19N3O2. The van der Waals surface area contributed by atoms with Crippen molar-refractivity contribution in [2.75, 3.05) is 6.54 Å². The third-order valence-corrected chi connectivity index (χ3v) is 3.04. The Morgan fingerprint density at radius 2 is 1.86 bits per heavy atom. The summed E-state index contributed by atoms with van der Waals surface area (Å²) in [5.74, 6) is 0. The van der Waals surface area contributed by atoms with Gasteiger partial charge in [0.25, 0.3) is 0 Å². The molecule has 0 bridgehead atoms. The molecule has 21 heavy (non-hydrogen) atoms. The number of amides is 2. The van der Waals surface area contributed by atoms with E-state index >= 15 is 0 Å². The number of benzene rings is 1. The van der Waals surface area contributed by atoms with Crippen LogP contribution in [-0.2, 0) is 6.54 Å². The zero-order valence-corrected chi connectivity index (χ0v) is 11.7. The van der Waals surface area contributed by atoms with Crippen molar-refractivity contribution in [1.29, 1.82) is 0 Å². The molecule has 1 aromatic heterocycles. The SMILES string of the molecule is O=C(NCCC(O)c1ccccc1)NCc1ccccn1. The maximum atomic E-state index is 11.6. The number of aliphatic hydroxyl groups excluding tert-OH is 1. The Bertz CT molecular complexity index is 546. The lowest BCUT2D eigenvalue weighted by Gasteiger charge is -2.12. The molecule has 0 aliphatic rings. The molecule has 110 valence electrons. The summed E-state index contributed by atoms with van der Waals surface area (Å²) in [6, 6.07) is 14.7. The van der Waals surface area contributed by atoms with Crippen molar-refractivity contribution < 1.29 is 9.90 Å². The molecule has 0 spiro atoms. The summed E-state index contributed by atoms with van der Waals surface area (Å²) in [5.41, 5.74) is 1.66. The summed E-state index contributed by atoms with van der Waals surface area (Å²) in [4.78, 5) is 15.7. The third kappa shape index (κ3) is 5.24. The molecule has 5 heteroatoms. The topological polar surface area (TPSA) is 74.2 Å². The van der Waals surface area contributed by atoms with Gasteiger partial charge in [0.15, 0.2) is 0 Å². The predicted molar refractivity (Wildman–Crippen MR) is 80.5 cm³/mol. The van der Waals surface area contributed by atoms with Crippen LogP contribution in [0.25, 0.3) is 0 Å². The summed E-state index contributed by atoms with van der Waals surface area (Å²) >= 11 is 0. The minimum Gasteiger partial charge on any atom is -0.388 e. The van der Waals surface area contributed by atoms with Crippen LogP contribution < -0.4 is 10.6 Å². The van der Waals surface area contributed by atoms with E-state index in [1.165, 1.54) is 0 Å². The highest BCUT2D eigenvalue weighted by molar-refractivity contribution is 5.73. The second kappa shape index (κ2) is 8.01. The Morgan fingerprint density at radius 1 is 1.10 bits per heavy atom. The number of urea groups is 1. The zero-order chi connectivity index (χ0) is 14.9. The van der Waals surface area contributed by atoms with Crippen LogP contribution in [0.2, 0.25) is 0 Å². The first kappa shape index (κ1) is 15.0. The van der Waals surface area contributed by atoms with Crippen molar-refractivity contribution in [3.05, 3.63) is 66.0 Å². The molecule has 5 nitrogen and oxygen atoms in total. The maximum absolute atomic E-state index is 11.6. The predicted octanol–water partition coefficient (Wildman–Crippen LogP) is 2.00. The molecule has 0 saturated heterocycles. The minimum atomic E-state index is -0.567. The molecule has 0 aliphatic heterocycles. The zero-order valence-electron chi connectivity index (χ0n) is 11.7. The molecule has 2 amide bonds. The standard InChI is InChI=1S/C16H19N3O2/c20-15(13-6-2-1-3-7-13)9-11-18-16(21)19-12-14-8-4-5-10-17-14/h1-8,10,15,20H,9,11-12H2,(H2,18,19,21). The average molecular weight is 285 g/mol. The molecule has 0 aliphatic carbocycles. The molecule has 1 atom stereocenters. The second-order valence-corrected chi connectivity index (χ2v) is 4.65. The van der Waals surface area contributed by atoms with Crippen LogP contribution in [0.5, 0.6) is 0 Å². The molecule has 0 radical (unpaired) electrons. The van der Waals surface area contributed by atoms with Crippen molar-refractivity contribution in [2.45, 2.75) is 19.1 Å². The number of carbonyl (C=O) groups is 1. The van der Waals surface area contributed by atoms with Gasteiger partial charge < -0.3 is 15.7 Å². The van der Waals surface area contributed by atoms with Gasteiger partial charge in [0.2, 0.25) is 0 Å². The number of rotatable bonds is 6. The molecule has 1 aromatic carbocycles. The van der Waals surface area contributed by atoms with E-state index in [-0.39, 0.29) is 6.03 Å². The molecular weight excluding hydrogens is 266 g/mol. The number of aromatic nitrogens is 1. The fourth-order valence-corrected chi connectivity index (χ4v) is 1.90. The Hall–Kier alpha value is -2.40. The normalized spacial score (nSPS) is 11.7. The molecule has 0 fully saturated rings. The molecule has 2 aromatic rings. The Morgan fingerprint density at radius 3 is 2.57 bits per heavy atom. The number of carbonyl (C=O) groups excluding carboxylic acids is 1. The number of nitrogens with zero attached hydrogens (tertiary/aromatic N) is 1. The van der Waals surface area contributed by atoms with E-state index in [4.69, 9.17) is 0 Å². The number of nitrogens with one attached hydrogen (secondary N) is 2. The monoisotopic (exact) mass is 285 g/mol. The molecule has 2 rings (SSSR count). The van der Waals surface area contributed by atoms with E-state index in [0.717, 1.165) is 11.3 Å². The number of hydrogen-bond acceptors (Lipinski definition) is 3. The van der Waals surface area contributed by atoms with Crippen molar-refractivity contribution in [3.63, 3.8) is 0 Å². The van der Waals surface area contributed by atoms with Crippen molar-refractivity contribution in [1.82, 2.24) is 15.6 Å². The lowest BCUT2D eigenvalue weighted by Crippen LogP contribution is -2.36. The van der Waals surface area contributed by atoms with Gasteiger partial charge in [0, 0.05) is 12.7 Å². The molecule has 0 saturated carbocycles. The van der Waals surface area contributed by atoms with Gasteiger partial charge in [0.05, 0.1) is 18.3 Å². The summed E-state index contributed by atoms with van der Waals surface area (Å²) in [6.07, 6.45) is 1.59. The van der Waals surface area contributed by atoms with Crippen LogP contribution in [0, 0.1) is 0 Å². The smallest absolute Gasteiger partial charge is 0.315 e. The average Bonchev–Trinajstić information content (AvgIpc) is 2.54. The van der Waals surface area contributed by atoms with Crippen LogP contribution in [0.4, 0.5) is 4.79 Å². The highest BCUT2D eigenvalue weighted by Gasteiger charge is 2.07. The number of hydrogen-bond donors (Lipinski definition) is 3. The van der Waals surface area contributed by atoms with Crippen LogP contribution in [0.3, 0.4) is 0 Å². The number of aliphatic hydroxyl groups is 1. The van der Waals surface area contributed by atoms with Gasteiger partial charge in [-0.15, -0.1) is 0 Å². The van der Waals surface area contributed by atoms with E-state index in [1.807, 2.05) is 48.5 Å². The largest absolute Gasteiger partial charge is 0.388 e. The van der Waals surface area contributed by atoms with E-state index in [0.29, 0.717) is 19.5 Å². The van der Waals surface area contributed by atoms with E-state index in [9.17, 15) is 9.90 Å². The Balaban J connectivity index is 1.65. The van der Waals surface area contributed by atoms with Gasteiger partial charge in [-0.3, -0.25) is 4.98 Å². The lowest BCUT2D eigenvalue weighted by atomic mass is 10.1. The van der Waals surface area contributed by atoms with E-state index in [2.05, 4.69) is 15.6 Å². The van der Waals surface area contributed by atoms with Gasteiger partial charge in [-0.1, -0.05) is 36.4 Å². The highest BCUT2D eigenvalue weighted by Crippen LogP contribution is 2.14. The van der Waals surface area contributed by atoms with E-state index < -0.39 is 6.10 Å². The summed E-state index contributed by atoms with van der Waals surface area (Å²) < 4.78 is 0. The maximum Gasteiger partial charge on any atom is 0.315 e. The second-order valence-electron chi connectivity index (χ2n) is 4.65.